The van der Waals surface area contributed by atoms with Crippen LogP contribution in [0.5, 0.6) is 0 Å². The minimum absolute atomic E-state index is 0.111. The largest absolute Gasteiger partial charge is 0.340 e. The molecular formula is C13H25N3O3S. The molecule has 0 radical (unpaired) electrons. The topological polar surface area (TPSA) is 69.7 Å². The molecule has 0 saturated carbocycles. The third-order valence-electron chi connectivity index (χ3n) is 4.20. The Morgan fingerprint density at radius 1 is 1.35 bits per heavy atom. The number of carbonyl (C=O) groups is 1. The predicted molar refractivity (Wildman–Crippen MR) is 77.8 cm³/mol. The average Bonchev–Trinajstić information content (AvgIpc) is 2.34. The molecule has 0 aromatic carbocycles. The van der Waals surface area contributed by atoms with Crippen molar-refractivity contribution in [1.82, 2.24) is 14.5 Å². The molecule has 0 aromatic rings. The third-order valence-corrected chi connectivity index (χ3v) is 5.47. The van der Waals surface area contributed by atoms with Crippen LogP contribution in [-0.2, 0) is 14.8 Å². The van der Waals surface area contributed by atoms with E-state index in [-0.39, 0.29) is 11.8 Å². The van der Waals surface area contributed by atoms with Crippen LogP contribution in [0.3, 0.4) is 0 Å². The van der Waals surface area contributed by atoms with Crippen molar-refractivity contribution in [3.05, 3.63) is 0 Å². The normalized spacial score (nSPS) is 28.6. The van der Waals surface area contributed by atoms with Crippen molar-refractivity contribution in [2.75, 3.05) is 39.0 Å². The summed E-state index contributed by atoms with van der Waals surface area (Å²) in [5, 5.41) is 3.21. The van der Waals surface area contributed by atoms with E-state index in [1.165, 1.54) is 6.26 Å². The van der Waals surface area contributed by atoms with Gasteiger partial charge in [-0.2, -0.15) is 0 Å². The van der Waals surface area contributed by atoms with Crippen molar-refractivity contribution in [3.63, 3.8) is 0 Å². The molecule has 2 aliphatic rings. The van der Waals surface area contributed by atoms with Gasteiger partial charge in [-0.25, -0.2) is 12.7 Å². The zero-order valence-corrected chi connectivity index (χ0v) is 13.4. The summed E-state index contributed by atoms with van der Waals surface area (Å²) >= 11 is 0. The number of carbonyl (C=O) groups excluding carboxylic acids is 1. The highest BCUT2D eigenvalue weighted by molar-refractivity contribution is 7.88. The molecule has 2 rings (SSSR count). The Labute approximate surface area is 121 Å². The van der Waals surface area contributed by atoms with E-state index < -0.39 is 15.6 Å². The molecule has 1 unspecified atom stereocenters. The Morgan fingerprint density at radius 2 is 2.05 bits per heavy atom. The highest BCUT2D eigenvalue weighted by Gasteiger charge is 2.37. The van der Waals surface area contributed by atoms with Crippen LogP contribution in [-0.4, -0.2) is 68.0 Å². The molecule has 2 fully saturated rings. The second kappa shape index (κ2) is 5.61. The maximum atomic E-state index is 12.3. The second-order valence-electron chi connectivity index (χ2n) is 6.43. The van der Waals surface area contributed by atoms with Crippen LogP contribution in [0.25, 0.3) is 0 Å². The van der Waals surface area contributed by atoms with Gasteiger partial charge < -0.3 is 10.2 Å². The molecule has 6 nitrogen and oxygen atoms in total. The van der Waals surface area contributed by atoms with Gasteiger partial charge in [0.1, 0.15) is 0 Å². The first-order chi connectivity index (χ1) is 9.20. The van der Waals surface area contributed by atoms with E-state index in [2.05, 4.69) is 5.32 Å². The van der Waals surface area contributed by atoms with Crippen molar-refractivity contribution in [1.29, 1.82) is 0 Å². The number of hydrogen-bond acceptors (Lipinski definition) is 4. The number of nitrogens with zero attached hydrogens (tertiary/aromatic N) is 2. The third kappa shape index (κ3) is 3.51. The summed E-state index contributed by atoms with van der Waals surface area (Å²) in [6.45, 7) is 7.10. The van der Waals surface area contributed by atoms with Crippen LogP contribution >= 0.6 is 0 Å². The van der Waals surface area contributed by atoms with Gasteiger partial charge in [-0.05, 0) is 32.6 Å². The van der Waals surface area contributed by atoms with Gasteiger partial charge in [-0.3, -0.25) is 4.79 Å². The zero-order valence-electron chi connectivity index (χ0n) is 12.6. The smallest absolute Gasteiger partial charge is 0.242 e. The minimum atomic E-state index is -3.12. The lowest BCUT2D eigenvalue weighted by atomic mass is 9.96. The van der Waals surface area contributed by atoms with Crippen LogP contribution in [0, 0.1) is 5.92 Å². The van der Waals surface area contributed by atoms with Gasteiger partial charge in [0, 0.05) is 32.7 Å². The molecule has 2 heterocycles. The van der Waals surface area contributed by atoms with Gasteiger partial charge in [0.15, 0.2) is 0 Å². The molecule has 20 heavy (non-hydrogen) atoms. The van der Waals surface area contributed by atoms with Crippen molar-refractivity contribution < 1.29 is 13.2 Å². The van der Waals surface area contributed by atoms with Gasteiger partial charge in [-0.15, -0.1) is 0 Å². The number of hydrogen-bond donors (Lipinski definition) is 1. The van der Waals surface area contributed by atoms with Gasteiger partial charge >= 0.3 is 0 Å². The molecule has 0 spiro atoms. The summed E-state index contributed by atoms with van der Waals surface area (Å²) in [4.78, 5) is 14.2. The zero-order chi connectivity index (χ0) is 15.0. The minimum Gasteiger partial charge on any atom is -0.340 e. The molecule has 2 saturated heterocycles. The van der Waals surface area contributed by atoms with E-state index in [1.807, 2.05) is 18.7 Å². The first-order valence-corrected chi connectivity index (χ1v) is 9.04. The monoisotopic (exact) mass is 303 g/mol. The van der Waals surface area contributed by atoms with Crippen molar-refractivity contribution in [2.45, 2.75) is 32.2 Å². The maximum absolute atomic E-state index is 12.3. The van der Waals surface area contributed by atoms with E-state index >= 15 is 0 Å². The van der Waals surface area contributed by atoms with Crippen LogP contribution in [0.15, 0.2) is 0 Å². The first-order valence-electron chi connectivity index (χ1n) is 7.20. The number of amides is 1. The van der Waals surface area contributed by atoms with Crippen LogP contribution in [0.1, 0.15) is 26.7 Å². The molecule has 1 atom stereocenters. The number of piperazine rings is 1. The highest BCUT2D eigenvalue weighted by atomic mass is 32.2. The van der Waals surface area contributed by atoms with Gasteiger partial charge in [0.2, 0.25) is 15.9 Å². The maximum Gasteiger partial charge on any atom is 0.242 e. The van der Waals surface area contributed by atoms with E-state index in [9.17, 15) is 13.2 Å². The van der Waals surface area contributed by atoms with Crippen molar-refractivity contribution in [2.24, 2.45) is 5.92 Å². The number of rotatable bonds is 3. The molecule has 2 aliphatic heterocycles. The quantitative estimate of drug-likeness (QED) is 0.788. The van der Waals surface area contributed by atoms with Crippen LogP contribution in [0.4, 0.5) is 0 Å². The van der Waals surface area contributed by atoms with E-state index in [1.54, 1.807) is 4.31 Å². The molecule has 7 heteroatoms. The summed E-state index contributed by atoms with van der Waals surface area (Å²) in [6.07, 6.45) is 3.12. The molecule has 1 N–H and O–H groups in total. The van der Waals surface area contributed by atoms with Crippen molar-refractivity contribution >= 4 is 15.9 Å². The lowest BCUT2D eigenvalue weighted by Crippen LogP contribution is -2.62. The SMILES string of the molecule is CC1(C)NCCN(CC2CCCN(S(C)(=O)=O)C2)C1=O. The van der Waals surface area contributed by atoms with Crippen molar-refractivity contribution in [3.8, 4) is 0 Å². The Bertz CT molecular complexity index is 475. The summed E-state index contributed by atoms with van der Waals surface area (Å²) in [7, 11) is -3.12. The first kappa shape index (κ1) is 15.7. The Hall–Kier alpha value is -0.660. The number of sulfonamides is 1. The fraction of sp³-hybridized carbons (Fsp3) is 0.923. The average molecular weight is 303 g/mol. The van der Waals surface area contributed by atoms with Gasteiger partial charge in [0.25, 0.3) is 0 Å². The fourth-order valence-electron chi connectivity index (χ4n) is 3.04. The summed E-state index contributed by atoms with van der Waals surface area (Å²) in [6, 6.07) is 0. The fourth-order valence-corrected chi connectivity index (χ4v) is 3.98. The molecule has 116 valence electrons. The van der Waals surface area contributed by atoms with E-state index in [0.717, 1.165) is 19.4 Å². The van der Waals surface area contributed by atoms with E-state index in [0.29, 0.717) is 26.2 Å². The lowest BCUT2D eigenvalue weighted by Gasteiger charge is -2.41. The van der Waals surface area contributed by atoms with Gasteiger partial charge in [0.05, 0.1) is 11.8 Å². The van der Waals surface area contributed by atoms with Gasteiger partial charge in [-0.1, -0.05) is 0 Å². The van der Waals surface area contributed by atoms with Crippen LogP contribution in [0.2, 0.25) is 0 Å². The summed E-state index contributed by atoms with van der Waals surface area (Å²) in [5.74, 6) is 0.358. The Morgan fingerprint density at radius 3 is 2.70 bits per heavy atom. The number of nitrogens with one attached hydrogen (secondary N) is 1. The molecule has 0 aliphatic carbocycles. The summed E-state index contributed by atoms with van der Waals surface area (Å²) < 4.78 is 24.8. The number of piperidine rings is 1. The molecule has 1 amide bonds. The molecule has 0 aromatic heterocycles. The summed E-state index contributed by atoms with van der Waals surface area (Å²) in [5.41, 5.74) is -0.510. The second-order valence-corrected chi connectivity index (χ2v) is 8.41. The predicted octanol–water partition coefficient (Wildman–Crippen LogP) is -0.132. The lowest BCUT2D eigenvalue weighted by molar-refractivity contribution is -0.140. The molecule has 0 bridgehead atoms. The Kier molecular flexibility index (Phi) is 4.41. The standard InChI is InChI=1S/C13H25N3O3S/c1-13(2)12(17)15(8-6-14-13)9-11-5-4-7-16(10-11)20(3,18)19/h11,14H,4-10H2,1-3H3. The molecular weight excluding hydrogens is 278 g/mol. The van der Waals surface area contributed by atoms with E-state index in [4.69, 9.17) is 0 Å². The van der Waals surface area contributed by atoms with Crippen LogP contribution < -0.4 is 5.32 Å². The Balaban J connectivity index is 1.98. The highest BCUT2D eigenvalue weighted by Crippen LogP contribution is 2.22.